The number of carbonyl (C=O) groups excluding carboxylic acids is 1. The Bertz CT molecular complexity index is 452. The number of nitrogens with one attached hydrogen (secondary N) is 1. The van der Waals surface area contributed by atoms with Gasteiger partial charge in [0.15, 0.2) is 0 Å². The molecule has 1 unspecified atom stereocenters. The molecule has 0 radical (unpaired) electrons. The van der Waals surface area contributed by atoms with Gasteiger partial charge in [0.1, 0.15) is 11.4 Å². The molecule has 0 fully saturated rings. The van der Waals surface area contributed by atoms with Gasteiger partial charge in [-0.3, -0.25) is 5.32 Å². The quantitative estimate of drug-likeness (QED) is 0.886. The molecule has 1 aromatic carbocycles. The summed E-state index contributed by atoms with van der Waals surface area (Å²) in [5.41, 5.74) is 0.146. The van der Waals surface area contributed by atoms with Gasteiger partial charge < -0.3 is 9.84 Å². The van der Waals surface area contributed by atoms with Gasteiger partial charge in [-0.05, 0) is 51.8 Å². The lowest BCUT2D eigenvalue weighted by Crippen LogP contribution is -2.27. The monoisotopic (exact) mass is 269 g/mol. The summed E-state index contributed by atoms with van der Waals surface area (Å²) < 4.78 is 18.6. The molecule has 0 bridgehead atoms. The molecule has 106 valence electrons. The number of hydrogen-bond donors (Lipinski definition) is 2. The standard InChI is InChI=1S/C14H20FNO3/c1-9(17)7-10-5-6-11(15)12(8-10)16-13(18)19-14(2,3)4/h5-6,8-9,17H,7H2,1-4H3,(H,16,18). The van der Waals surface area contributed by atoms with E-state index in [1.54, 1.807) is 33.8 Å². The highest BCUT2D eigenvalue weighted by Gasteiger charge is 2.17. The fourth-order valence-corrected chi connectivity index (χ4v) is 1.55. The van der Waals surface area contributed by atoms with Gasteiger partial charge in [-0.1, -0.05) is 6.07 Å². The Hall–Kier alpha value is -1.62. The lowest BCUT2D eigenvalue weighted by molar-refractivity contribution is 0.0635. The van der Waals surface area contributed by atoms with E-state index in [1.807, 2.05) is 0 Å². The predicted molar refractivity (Wildman–Crippen MR) is 71.6 cm³/mol. The third-order valence-electron chi connectivity index (χ3n) is 2.20. The lowest BCUT2D eigenvalue weighted by atomic mass is 10.1. The summed E-state index contributed by atoms with van der Waals surface area (Å²) in [5.74, 6) is -0.541. The molecule has 1 rings (SSSR count). The third-order valence-corrected chi connectivity index (χ3v) is 2.20. The van der Waals surface area contributed by atoms with Crippen molar-refractivity contribution in [2.75, 3.05) is 5.32 Å². The van der Waals surface area contributed by atoms with Crippen LogP contribution in [0.3, 0.4) is 0 Å². The summed E-state index contributed by atoms with van der Waals surface area (Å²) >= 11 is 0. The van der Waals surface area contributed by atoms with Gasteiger partial charge in [0, 0.05) is 0 Å². The molecule has 19 heavy (non-hydrogen) atoms. The Balaban J connectivity index is 2.79. The van der Waals surface area contributed by atoms with Gasteiger partial charge >= 0.3 is 6.09 Å². The van der Waals surface area contributed by atoms with Crippen molar-refractivity contribution in [3.05, 3.63) is 29.6 Å². The highest BCUT2D eigenvalue weighted by molar-refractivity contribution is 5.85. The SMILES string of the molecule is CC(O)Cc1ccc(F)c(NC(=O)OC(C)(C)C)c1. The van der Waals surface area contributed by atoms with Gasteiger partial charge in [-0.15, -0.1) is 0 Å². The van der Waals surface area contributed by atoms with Crippen molar-refractivity contribution in [2.45, 2.75) is 45.8 Å². The average molecular weight is 269 g/mol. The van der Waals surface area contributed by atoms with Crippen LogP contribution in [-0.2, 0) is 11.2 Å². The Morgan fingerprint density at radius 2 is 2.11 bits per heavy atom. The van der Waals surface area contributed by atoms with Crippen molar-refractivity contribution in [3.8, 4) is 0 Å². The number of amides is 1. The van der Waals surface area contributed by atoms with Crippen molar-refractivity contribution in [1.29, 1.82) is 0 Å². The van der Waals surface area contributed by atoms with Gasteiger partial charge in [-0.2, -0.15) is 0 Å². The van der Waals surface area contributed by atoms with E-state index in [-0.39, 0.29) is 5.69 Å². The van der Waals surface area contributed by atoms with Crippen LogP contribution in [0.15, 0.2) is 18.2 Å². The number of anilines is 1. The minimum atomic E-state index is -0.708. The van der Waals surface area contributed by atoms with Crippen LogP contribution >= 0.6 is 0 Å². The molecule has 1 aromatic rings. The van der Waals surface area contributed by atoms with E-state index in [4.69, 9.17) is 4.74 Å². The first-order valence-electron chi connectivity index (χ1n) is 6.14. The van der Waals surface area contributed by atoms with Crippen LogP contribution in [0.2, 0.25) is 0 Å². The highest BCUT2D eigenvalue weighted by Crippen LogP contribution is 2.18. The minimum absolute atomic E-state index is 0.0485. The van der Waals surface area contributed by atoms with Crippen LogP contribution in [0.5, 0.6) is 0 Å². The summed E-state index contributed by atoms with van der Waals surface area (Å²) in [5, 5.41) is 11.7. The van der Waals surface area contributed by atoms with E-state index in [0.29, 0.717) is 6.42 Å². The second-order valence-corrected chi connectivity index (χ2v) is 5.49. The van der Waals surface area contributed by atoms with Crippen molar-refractivity contribution in [2.24, 2.45) is 0 Å². The average Bonchev–Trinajstić information content (AvgIpc) is 2.19. The summed E-state index contributed by atoms with van der Waals surface area (Å²) in [6.07, 6.45) is -0.844. The van der Waals surface area contributed by atoms with Crippen LogP contribution in [0.25, 0.3) is 0 Å². The molecule has 0 aromatic heterocycles. The Labute approximate surface area is 112 Å². The molecule has 0 aliphatic heterocycles. The predicted octanol–water partition coefficient (Wildman–Crippen LogP) is 3.10. The van der Waals surface area contributed by atoms with Crippen molar-refractivity contribution in [3.63, 3.8) is 0 Å². The highest BCUT2D eigenvalue weighted by atomic mass is 19.1. The molecule has 0 aliphatic carbocycles. The van der Waals surface area contributed by atoms with E-state index in [1.165, 1.54) is 12.1 Å². The summed E-state index contributed by atoms with van der Waals surface area (Å²) in [6.45, 7) is 6.83. The van der Waals surface area contributed by atoms with E-state index in [9.17, 15) is 14.3 Å². The van der Waals surface area contributed by atoms with Crippen LogP contribution in [0, 0.1) is 5.82 Å². The van der Waals surface area contributed by atoms with Crippen LogP contribution in [0.1, 0.15) is 33.3 Å². The molecule has 1 atom stereocenters. The van der Waals surface area contributed by atoms with Crippen molar-refractivity contribution in [1.82, 2.24) is 0 Å². The zero-order valence-electron chi connectivity index (χ0n) is 11.7. The Morgan fingerprint density at radius 1 is 1.47 bits per heavy atom. The molecule has 1 amide bonds. The van der Waals surface area contributed by atoms with Crippen LogP contribution in [-0.4, -0.2) is 22.9 Å². The third kappa shape index (κ3) is 5.70. The molecule has 4 nitrogen and oxygen atoms in total. The fourth-order valence-electron chi connectivity index (χ4n) is 1.55. The molecular weight excluding hydrogens is 249 g/mol. The van der Waals surface area contributed by atoms with E-state index in [2.05, 4.69) is 5.32 Å². The maximum atomic E-state index is 13.6. The van der Waals surface area contributed by atoms with Crippen LogP contribution < -0.4 is 5.32 Å². The number of aliphatic hydroxyl groups excluding tert-OH is 1. The lowest BCUT2D eigenvalue weighted by Gasteiger charge is -2.20. The molecule has 0 aliphatic rings. The van der Waals surface area contributed by atoms with Gasteiger partial charge in [-0.25, -0.2) is 9.18 Å². The number of halogens is 1. The van der Waals surface area contributed by atoms with E-state index in [0.717, 1.165) is 5.56 Å². The fraction of sp³-hybridized carbons (Fsp3) is 0.500. The second kappa shape index (κ2) is 6.02. The molecule has 0 heterocycles. The number of rotatable bonds is 3. The normalized spacial score (nSPS) is 12.9. The maximum absolute atomic E-state index is 13.6. The van der Waals surface area contributed by atoms with Crippen molar-refractivity contribution >= 4 is 11.8 Å². The first kappa shape index (κ1) is 15.4. The zero-order chi connectivity index (χ0) is 14.6. The first-order chi connectivity index (χ1) is 8.67. The maximum Gasteiger partial charge on any atom is 0.412 e. The second-order valence-electron chi connectivity index (χ2n) is 5.49. The number of benzene rings is 1. The molecular formula is C14H20FNO3. The van der Waals surface area contributed by atoms with Gasteiger partial charge in [0.2, 0.25) is 0 Å². The number of hydrogen-bond acceptors (Lipinski definition) is 3. The number of aliphatic hydroxyl groups is 1. The smallest absolute Gasteiger partial charge is 0.412 e. The van der Waals surface area contributed by atoms with E-state index >= 15 is 0 Å². The molecule has 2 N–H and O–H groups in total. The Kier molecular flexibility index (Phi) is 4.89. The van der Waals surface area contributed by atoms with Gasteiger partial charge in [0.05, 0.1) is 11.8 Å². The first-order valence-corrected chi connectivity index (χ1v) is 6.14. The molecule has 0 spiro atoms. The zero-order valence-corrected chi connectivity index (χ0v) is 11.7. The summed E-state index contributed by atoms with van der Waals surface area (Å²) in [6, 6.07) is 4.32. The van der Waals surface area contributed by atoms with Crippen LogP contribution in [0.4, 0.5) is 14.9 Å². The minimum Gasteiger partial charge on any atom is -0.444 e. The number of ether oxygens (including phenoxy) is 1. The molecule has 5 heteroatoms. The molecule has 0 saturated carbocycles. The number of carbonyl (C=O) groups is 1. The Morgan fingerprint density at radius 3 is 2.63 bits per heavy atom. The summed E-state index contributed by atoms with van der Waals surface area (Å²) in [4.78, 5) is 11.6. The topological polar surface area (TPSA) is 58.6 Å². The van der Waals surface area contributed by atoms with Crippen molar-refractivity contribution < 1.29 is 19.0 Å². The summed E-state index contributed by atoms with van der Waals surface area (Å²) in [7, 11) is 0. The van der Waals surface area contributed by atoms with Gasteiger partial charge in [0.25, 0.3) is 0 Å². The molecule has 0 saturated heterocycles. The largest absolute Gasteiger partial charge is 0.444 e. The van der Waals surface area contributed by atoms with E-state index < -0.39 is 23.6 Å².